The average molecular weight is 263 g/mol. The molecule has 108 valence electrons. The summed E-state index contributed by atoms with van der Waals surface area (Å²) in [5.74, 6) is 0. The molecule has 2 heteroatoms. The van der Waals surface area contributed by atoms with Crippen LogP contribution in [0.2, 0.25) is 0 Å². The number of aryl methyl sites for hydroxylation is 2. The molecule has 0 radical (unpaired) electrons. The number of rotatable bonds is 7. The first-order chi connectivity index (χ1) is 8.89. The van der Waals surface area contributed by atoms with Crippen molar-refractivity contribution in [2.75, 3.05) is 13.2 Å². The molecule has 0 heterocycles. The molecule has 1 aromatic carbocycles. The molecule has 1 N–H and O–H groups in total. The normalized spacial score (nSPS) is 13.6. The maximum Gasteiger partial charge on any atom is 0.0668 e. The van der Waals surface area contributed by atoms with Crippen molar-refractivity contribution in [2.45, 2.75) is 59.6 Å². The summed E-state index contributed by atoms with van der Waals surface area (Å²) in [5.41, 5.74) is 3.95. The highest BCUT2D eigenvalue weighted by molar-refractivity contribution is 5.32. The van der Waals surface area contributed by atoms with Crippen LogP contribution in [0.4, 0.5) is 0 Å². The predicted octanol–water partition coefficient (Wildman–Crippen LogP) is 4.16. The van der Waals surface area contributed by atoms with Gasteiger partial charge in [-0.05, 0) is 51.8 Å². The Morgan fingerprint density at radius 2 is 1.89 bits per heavy atom. The van der Waals surface area contributed by atoms with E-state index in [0.717, 1.165) is 19.6 Å². The number of benzene rings is 1. The molecule has 19 heavy (non-hydrogen) atoms. The number of nitrogens with one attached hydrogen (secondary N) is 1. The molecule has 1 aromatic rings. The zero-order valence-electron chi connectivity index (χ0n) is 13.3. The van der Waals surface area contributed by atoms with Crippen LogP contribution in [0, 0.1) is 13.8 Å². The molecule has 0 aliphatic heterocycles. The van der Waals surface area contributed by atoms with E-state index in [1.54, 1.807) is 0 Å². The fourth-order valence-corrected chi connectivity index (χ4v) is 2.13. The van der Waals surface area contributed by atoms with E-state index >= 15 is 0 Å². The third-order valence-electron chi connectivity index (χ3n) is 3.74. The topological polar surface area (TPSA) is 21.3 Å². The minimum absolute atomic E-state index is 0.0493. The van der Waals surface area contributed by atoms with Gasteiger partial charge in [0.25, 0.3) is 0 Å². The standard InChI is InChI=1S/C17H29NO/c1-7-17(5,6)19-12-16(18-8-2)15-10-9-13(3)11-14(15)4/h9-11,16,18H,7-8,12H2,1-6H3. The van der Waals surface area contributed by atoms with Crippen molar-refractivity contribution in [3.05, 3.63) is 34.9 Å². The van der Waals surface area contributed by atoms with Gasteiger partial charge in [0.05, 0.1) is 18.2 Å². The van der Waals surface area contributed by atoms with Crippen molar-refractivity contribution >= 4 is 0 Å². The van der Waals surface area contributed by atoms with Crippen LogP contribution in [0.1, 0.15) is 56.8 Å². The number of hydrogen-bond donors (Lipinski definition) is 1. The van der Waals surface area contributed by atoms with Crippen LogP contribution in [0.25, 0.3) is 0 Å². The maximum absolute atomic E-state index is 6.07. The molecule has 2 nitrogen and oxygen atoms in total. The fraction of sp³-hybridized carbons (Fsp3) is 0.647. The van der Waals surface area contributed by atoms with Gasteiger partial charge in [0.1, 0.15) is 0 Å². The van der Waals surface area contributed by atoms with Gasteiger partial charge in [0, 0.05) is 0 Å². The van der Waals surface area contributed by atoms with Gasteiger partial charge in [0.2, 0.25) is 0 Å². The first-order valence-electron chi connectivity index (χ1n) is 7.34. The average Bonchev–Trinajstić information content (AvgIpc) is 2.35. The second kappa shape index (κ2) is 7.06. The molecule has 0 fully saturated rings. The Morgan fingerprint density at radius 3 is 2.42 bits per heavy atom. The summed E-state index contributed by atoms with van der Waals surface area (Å²) in [5, 5.41) is 3.53. The molecule has 1 rings (SSSR count). The largest absolute Gasteiger partial charge is 0.374 e. The van der Waals surface area contributed by atoms with Crippen LogP contribution >= 0.6 is 0 Å². The van der Waals surface area contributed by atoms with Gasteiger partial charge in [-0.2, -0.15) is 0 Å². The van der Waals surface area contributed by atoms with Crippen LogP contribution in [0.3, 0.4) is 0 Å². The summed E-state index contributed by atoms with van der Waals surface area (Å²) in [6.07, 6.45) is 1.03. The summed E-state index contributed by atoms with van der Waals surface area (Å²) < 4.78 is 6.07. The van der Waals surface area contributed by atoms with Crippen molar-refractivity contribution < 1.29 is 4.74 Å². The van der Waals surface area contributed by atoms with Gasteiger partial charge in [-0.1, -0.05) is 37.6 Å². The molecule has 0 spiro atoms. The quantitative estimate of drug-likeness (QED) is 0.797. The van der Waals surface area contributed by atoms with E-state index in [4.69, 9.17) is 4.74 Å². The van der Waals surface area contributed by atoms with Gasteiger partial charge in [-0.15, -0.1) is 0 Å². The SMILES string of the molecule is CCNC(COC(C)(C)CC)c1ccc(C)cc1C. The molecule has 0 aromatic heterocycles. The predicted molar refractivity (Wildman–Crippen MR) is 82.7 cm³/mol. The van der Waals surface area contributed by atoms with Crippen molar-refractivity contribution in [1.82, 2.24) is 5.32 Å². The lowest BCUT2D eigenvalue weighted by Gasteiger charge is -2.28. The zero-order valence-corrected chi connectivity index (χ0v) is 13.3. The molecule has 0 aliphatic carbocycles. The number of hydrogen-bond acceptors (Lipinski definition) is 2. The molecular formula is C17H29NO. The lowest BCUT2D eigenvalue weighted by molar-refractivity contribution is -0.0307. The van der Waals surface area contributed by atoms with Crippen LogP contribution in [-0.4, -0.2) is 18.8 Å². The van der Waals surface area contributed by atoms with Gasteiger partial charge >= 0.3 is 0 Å². The number of likely N-dealkylation sites (N-methyl/N-ethyl adjacent to an activating group) is 1. The monoisotopic (exact) mass is 263 g/mol. The van der Waals surface area contributed by atoms with Crippen LogP contribution in [0.5, 0.6) is 0 Å². The van der Waals surface area contributed by atoms with Gasteiger partial charge < -0.3 is 10.1 Å². The third-order valence-corrected chi connectivity index (χ3v) is 3.74. The lowest BCUT2D eigenvalue weighted by Crippen LogP contribution is -2.32. The second-order valence-electron chi connectivity index (χ2n) is 5.89. The molecule has 0 saturated heterocycles. The van der Waals surface area contributed by atoms with E-state index in [2.05, 4.69) is 65.1 Å². The number of ether oxygens (including phenoxy) is 1. The molecule has 0 amide bonds. The Labute approximate surface area is 118 Å². The van der Waals surface area contributed by atoms with E-state index in [0.29, 0.717) is 0 Å². The molecule has 0 saturated carbocycles. The molecule has 1 atom stereocenters. The molecular weight excluding hydrogens is 234 g/mol. The third kappa shape index (κ3) is 4.96. The summed E-state index contributed by atoms with van der Waals surface area (Å²) in [4.78, 5) is 0. The Morgan fingerprint density at radius 1 is 1.21 bits per heavy atom. The van der Waals surface area contributed by atoms with Gasteiger partial charge in [0.15, 0.2) is 0 Å². The van der Waals surface area contributed by atoms with E-state index in [1.807, 2.05) is 0 Å². The first kappa shape index (κ1) is 16.2. The van der Waals surface area contributed by atoms with Crippen LogP contribution in [-0.2, 0) is 4.74 Å². The minimum Gasteiger partial charge on any atom is -0.374 e. The van der Waals surface area contributed by atoms with Gasteiger partial charge in [-0.3, -0.25) is 0 Å². The summed E-state index contributed by atoms with van der Waals surface area (Å²) in [6, 6.07) is 6.92. The van der Waals surface area contributed by atoms with Crippen molar-refractivity contribution in [2.24, 2.45) is 0 Å². The smallest absolute Gasteiger partial charge is 0.0668 e. The molecule has 0 aliphatic rings. The Hall–Kier alpha value is -0.860. The lowest BCUT2D eigenvalue weighted by atomic mass is 9.99. The van der Waals surface area contributed by atoms with Crippen LogP contribution < -0.4 is 5.32 Å². The Bertz CT molecular complexity index is 398. The molecule has 0 bridgehead atoms. The van der Waals surface area contributed by atoms with E-state index in [9.17, 15) is 0 Å². The zero-order chi connectivity index (χ0) is 14.5. The maximum atomic E-state index is 6.07. The fourth-order valence-electron chi connectivity index (χ4n) is 2.13. The first-order valence-corrected chi connectivity index (χ1v) is 7.34. The van der Waals surface area contributed by atoms with E-state index < -0.39 is 0 Å². The highest BCUT2D eigenvalue weighted by Gasteiger charge is 2.20. The van der Waals surface area contributed by atoms with E-state index in [-0.39, 0.29) is 11.6 Å². The summed E-state index contributed by atoms with van der Waals surface area (Å²) in [6.45, 7) is 14.6. The van der Waals surface area contributed by atoms with Crippen LogP contribution in [0.15, 0.2) is 18.2 Å². The summed E-state index contributed by atoms with van der Waals surface area (Å²) >= 11 is 0. The highest BCUT2D eigenvalue weighted by Crippen LogP contribution is 2.22. The van der Waals surface area contributed by atoms with Crippen molar-refractivity contribution in [3.8, 4) is 0 Å². The van der Waals surface area contributed by atoms with Gasteiger partial charge in [-0.25, -0.2) is 0 Å². The molecule has 1 unspecified atom stereocenters. The van der Waals surface area contributed by atoms with Crippen molar-refractivity contribution in [1.29, 1.82) is 0 Å². The second-order valence-corrected chi connectivity index (χ2v) is 5.89. The summed E-state index contributed by atoms with van der Waals surface area (Å²) in [7, 11) is 0. The highest BCUT2D eigenvalue weighted by atomic mass is 16.5. The van der Waals surface area contributed by atoms with Crippen molar-refractivity contribution in [3.63, 3.8) is 0 Å². The van der Waals surface area contributed by atoms with E-state index in [1.165, 1.54) is 16.7 Å². The Balaban J connectivity index is 2.82. The Kier molecular flexibility index (Phi) is 6.02. The minimum atomic E-state index is -0.0493.